The Labute approximate surface area is 143 Å². The molecule has 6 heteroatoms. The van der Waals surface area contributed by atoms with Crippen molar-refractivity contribution in [3.05, 3.63) is 29.8 Å². The van der Waals surface area contributed by atoms with Gasteiger partial charge in [0.15, 0.2) is 0 Å². The standard InChI is InChI=1S/C18H27N3O3/c1-18(2,3)20-17(23)19-13-9-11-21(12-10-13)16(22)14-7-5-6-8-15(14)24-4/h5-8,13H,9-12H2,1-4H3,(H2,19,20,23). The number of nitrogens with one attached hydrogen (secondary N) is 2. The first-order valence-electron chi connectivity index (χ1n) is 8.31. The number of ether oxygens (including phenoxy) is 1. The van der Waals surface area contributed by atoms with E-state index in [1.54, 1.807) is 19.2 Å². The van der Waals surface area contributed by atoms with E-state index < -0.39 is 0 Å². The molecule has 0 spiro atoms. The molecule has 0 aromatic heterocycles. The normalized spacial score (nSPS) is 15.8. The van der Waals surface area contributed by atoms with E-state index in [9.17, 15) is 9.59 Å². The zero-order valence-corrected chi connectivity index (χ0v) is 14.9. The Morgan fingerprint density at radius 2 is 1.79 bits per heavy atom. The fourth-order valence-electron chi connectivity index (χ4n) is 2.78. The highest BCUT2D eigenvalue weighted by Crippen LogP contribution is 2.21. The summed E-state index contributed by atoms with van der Waals surface area (Å²) >= 11 is 0. The molecule has 0 radical (unpaired) electrons. The number of hydrogen-bond acceptors (Lipinski definition) is 3. The van der Waals surface area contributed by atoms with Crippen LogP contribution in [0.4, 0.5) is 4.79 Å². The van der Waals surface area contributed by atoms with E-state index in [-0.39, 0.29) is 23.5 Å². The second-order valence-corrected chi connectivity index (χ2v) is 7.12. The molecule has 2 N–H and O–H groups in total. The number of hydrogen-bond donors (Lipinski definition) is 2. The number of benzene rings is 1. The monoisotopic (exact) mass is 333 g/mol. The highest BCUT2D eigenvalue weighted by molar-refractivity contribution is 5.97. The molecule has 132 valence electrons. The molecular weight excluding hydrogens is 306 g/mol. The SMILES string of the molecule is COc1ccccc1C(=O)N1CCC(NC(=O)NC(C)(C)C)CC1. The van der Waals surface area contributed by atoms with Crippen molar-refractivity contribution >= 4 is 11.9 Å². The van der Waals surface area contributed by atoms with E-state index in [1.165, 1.54) is 0 Å². The summed E-state index contributed by atoms with van der Waals surface area (Å²) in [5.74, 6) is 0.567. The Hall–Kier alpha value is -2.24. The van der Waals surface area contributed by atoms with E-state index in [2.05, 4.69) is 10.6 Å². The molecule has 0 unspecified atom stereocenters. The van der Waals surface area contributed by atoms with Gasteiger partial charge in [-0.25, -0.2) is 4.79 Å². The summed E-state index contributed by atoms with van der Waals surface area (Å²) in [7, 11) is 1.57. The average Bonchev–Trinajstić information content (AvgIpc) is 2.53. The van der Waals surface area contributed by atoms with E-state index >= 15 is 0 Å². The van der Waals surface area contributed by atoms with Crippen molar-refractivity contribution in [1.82, 2.24) is 15.5 Å². The predicted octanol–water partition coefficient (Wildman–Crippen LogP) is 2.40. The summed E-state index contributed by atoms with van der Waals surface area (Å²) in [6.45, 7) is 7.08. The Bertz CT molecular complexity index is 587. The first-order chi connectivity index (χ1) is 11.3. The summed E-state index contributed by atoms with van der Waals surface area (Å²) in [5, 5.41) is 5.88. The van der Waals surface area contributed by atoms with Crippen LogP contribution in [0.3, 0.4) is 0 Å². The van der Waals surface area contributed by atoms with Crippen LogP contribution in [0.5, 0.6) is 5.75 Å². The fraction of sp³-hybridized carbons (Fsp3) is 0.556. The van der Waals surface area contributed by atoms with Gasteiger partial charge in [-0.1, -0.05) is 12.1 Å². The van der Waals surface area contributed by atoms with Crippen molar-refractivity contribution in [3.8, 4) is 5.75 Å². The molecular formula is C18H27N3O3. The smallest absolute Gasteiger partial charge is 0.315 e. The Kier molecular flexibility index (Phi) is 5.70. The van der Waals surface area contributed by atoms with Gasteiger partial charge in [-0.2, -0.15) is 0 Å². The van der Waals surface area contributed by atoms with E-state index in [4.69, 9.17) is 4.74 Å². The predicted molar refractivity (Wildman–Crippen MR) is 93.3 cm³/mol. The van der Waals surface area contributed by atoms with Crippen LogP contribution < -0.4 is 15.4 Å². The van der Waals surface area contributed by atoms with Crippen LogP contribution in [0.1, 0.15) is 44.0 Å². The molecule has 1 aliphatic rings. The molecule has 3 amide bonds. The van der Waals surface area contributed by atoms with Crippen LogP contribution in [0.2, 0.25) is 0 Å². The van der Waals surface area contributed by atoms with Crippen LogP contribution in [-0.2, 0) is 0 Å². The van der Waals surface area contributed by atoms with Crippen molar-refractivity contribution in [2.45, 2.75) is 45.2 Å². The lowest BCUT2D eigenvalue weighted by Gasteiger charge is -2.33. The number of amides is 3. The minimum Gasteiger partial charge on any atom is -0.496 e. The summed E-state index contributed by atoms with van der Waals surface area (Å²) in [6.07, 6.45) is 1.50. The molecule has 0 atom stereocenters. The van der Waals surface area contributed by atoms with Gasteiger partial charge in [0.2, 0.25) is 0 Å². The number of rotatable bonds is 3. The van der Waals surface area contributed by atoms with Crippen LogP contribution in [0.15, 0.2) is 24.3 Å². The third-order valence-electron chi connectivity index (χ3n) is 3.94. The molecule has 24 heavy (non-hydrogen) atoms. The van der Waals surface area contributed by atoms with Crippen molar-refractivity contribution in [1.29, 1.82) is 0 Å². The lowest BCUT2D eigenvalue weighted by molar-refractivity contribution is 0.0705. The van der Waals surface area contributed by atoms with Gasteiger partial charge in [0.05, 0.1) is 12.7 Å². The highest BCUT2D eigenvalue weighted by Gasteiger charge is 2.26. The third kappa shape index (κ3) is 4.88. The number of likely N-dealkylation sites (tertiary alicyclic amines) is 1. The molecule has 0 bridgehead atoms. The Morgan fingerprint density at radius 1 is 1.17 bits per heavy atom. The Morgan fingerprint density at radius 3 is 2.38 bits per heavy atom. The van der Waals surface area contributed by atoms with E-state index in [1.807, 2.05) is 37.8 Å². The number of methoxy groups -OCH3 is 1. The van der Waals surface area contributed by atoms with E-state index in [0.717, 1.165) is 12.8 Å². The number of para-hydroxylation sites is 1. The number of carbonyl (C=O) groups is 2. The minimum atomic E-state index is -0.259. The number of piperidine rings is 1. The third-order valence-corrected chi connectivity index (χ3v) is 3.94. The van der Waals surface area contributed by atoms with Gasteiger partial charge in [-0.15, -0.1) is 0 Å². The van der Waals surface area contributed by atoms with Crippen molar-refractivity contribution < 1.29 is 14.3 Å². The summed E-state index contributed by atoms with van der Waals surface area (Å²) in [4.78, 5) is 26.4. The van der Waals surface area contributed by atoms with E-state index in [0.29, 0.717) is 24.4 Å². The first-order valence-corrected chi connectivity index (χ1v) is 8.31. The molecule has 6 nitrogen and oxygen atoms in total. The van der Waals surface area contributed by atoms with Gasteiger partial charge in [-0.05, 0) is 45.7 Å². The average molecular weight is 333 g/mol. The molecule has 1 aromatic rings. The number of nitrogens with zero attached hydrogens (tertiary/aromatic N) is 1. The maximum atomic E-state index is 12.6. The molecule has 0 saturated carbocycles. The fourth-order valence-corrected chi connectivity index (χ4v) is 2.78. The van der Waals surface area contributed by atoms with Gasteiger partial charge < -0.3 is 20.3 Å². The second kappa shape index (κ2) is 7.55. The quantitative estimate of drug-likeness (QED) is 0.892. The maximum absolute atomic E-state index is 12.6. The van der Waals surface area contributed by atoms with Crippen molar-refractivity contribution in [2.24, 2.45) is 0 Å². The van der Waals surface area contributed by atoms with Gasteiger partial charge in [0.1, 0.15) is 5.75 Å². The van der Waals surface area contributed by atoms with Gasteiger partial charge >= 0.3 is 6.03 Å². The summed E-state index contributed by atoms with van der Waals surface area (Å²) in [6, 6.07) is 7.19. The van der Waals surface area contributed by atoms with Crippen LogP contribution in [0, 0.1) is 0 Å². The lowest BCUT2D eigenvalue weighted by Crippen LogP contribution is -2.52. The van der Waals surface area contributed by atoms with Crippen LogP contribution in [-0.4, -0.2) is 48.6 Å². The molecule has 1 aromatic carbocycles. The molecule has 0 aliphatic carbocycles. The number of carbonyl (C=O) groups excluding carboxylic acids is 2. The van der Waals surface area contributed by atoms with Crippen LogP contribution in [0.25, 0.3) is 0 Å². The highest BCUT2D eigenvalue weighted by atomic mass is 16.5. The second-order valence-electron chi connectivity index (χ2n) is 7.12. The van der Waals surface area contributed by atoms with Gasteiger partial charge in [0, 0.05) is 24.7 Å². The Balaban J connectivity index is 1.88. The maximum Gasteiger partial charge on any atom is 0.315 e. The lowest BCUT2D eigenvalue weighted by atomic mass is 10.0. The molecule has 1 fully saturated rings. The van der Waals surface area contributed by atoms with Crippen LogP contribution >= 0.6 is 0 Å². The minimum absolute atomic E-state index is 0.0231. The van der Waals surface area contributed by atoms with Crippen molar-refractivity contribution in [2.75, 3.05) is 20.2 Å². The largest absolute Gasteiger partial charge is 0.496 e. The summed E-state index contributed by atoms with van der Waals surface area (Å²) < 4.78 is 5.26. The zero-order chi connectivity index (χ0) is 17.7. The molecule has 1 saturated heterocycles. The molecule has 1 heterocycles. The summed E-state index contributed by atoms with van der Waals surface area (Å²) in [5.41, 5.74) is 0.321. The number of urea groups is 1. The molecule has 1 aliphatic heterocycles. The topological polar surface area (TPSA) is 70.7 Å². The van der Waals surface area contributed by atoms with Crippen molar-refractivity contribution in [3.63, 3.8) is 0 Å². The molecule has 2 rings (SSSR count). The zero-order valence-electron chi connectivity index (χ0n) is 14.9. The van der Waals surface area contributed by atoms with Gasteiger partial charge in [0.25, 0.3) is 5.91 Å². The van der Waals surface area contributed by atoms with Gasteiger partial charge in [-0.3, -0.25) is 4.79 Å². The first kappa shape index (κ1) is 18.1.